The Labute approximate surface area is 102 Å². The van der Waals surface area contributed by atoms with Gasteiger partial charge in [-0.3, -0.25) is 4.79 Å². The highest BCUT2D eigenvalue weighted by Crippen LogP contribution is 2.11. The summed E-state index contributed by atoms with van der Waals surface area (Å²) in [5.41, 5.74) is 5.37. The van der Waals surface area contributed by atoms with Gasteiger partial charge in [0.1, 0.15) is 12.4 Å². The number of alkyl halides is 2. The normalized spacial score (nSPS) is 10.7. The first-order valence-corrected chi connectivity index (χ1v) is 5.20. The second kappa shape index (κ2) is 6.85. The van der Waals surface area contributed by atoms with Gasteiger partial charge >= 0.3 is 0 Å². The number of rotatable bonds is 6. The van der Waals surface area contributed by atoms with Crippen LogP contribution < -0.4 is 11.1 Å². The number of carbonyl (C=O) groups excluding carboxylic acids is 1. The molecular formula is C11H13F3N2O2. The highest BCUT2D eigenvalue weighted by molar-refractivity contribution is 5.94. The minimum atomic E-state index is -2.53. The van der Waals surface area contributed by atoms with Gasteiger partial charge in [-0.15, -0.1) is 0 Å². The zero-order valence-electron chi connectivity index (χ0n) is 9.46. The third kappa shape index (κ3) is 4.62. The molecular weight excluding hydrogens is 249 g/mol. The van der Waals surface area contributed by atoms with Gasteiger partial charge in [-0.2, -0.15) is 0 Å². The minimum Gasteiger partial charge on any atom is -0.396 e. The van der Waals surface area contributed by atoms with Crippen molar-refractivity contribution in [3.05, 3.63) is 29.6 Å². The molecule has 18 heavy (non-hydrogen) atoms. The van der Waals surface area contributed by atoms with E-state index in [0.29, 0.717) is 0 Å². The fourth-order valence-corrected chi connectivity index (χ4v) is 1.20. The number of nitrogens with one attached hydrogen (secondary N) is 1. The van der Waals surface area contributed by atoms with Gasteiger partial charge in [0.2, 0.25) is 0 Å². The summed E-state index contributed by atoms with van der Waals surface area (Å²) in [5, 5.41) is 2.43. The summed E-state index contributed by atoms with van der Waals surface area (Å²) in [7, 11) is 0. The molecule has 0 fully saturated rings. The molecule has 0 atom stereocenters. The average Bonchev–Trinajstić information content (AvgIpc) is 2.31. The van der Waals surface area contributed by atoms with Gasteiger partial charge in [-0.05, 0) is 18.2 Å². The monoisotopic (exact) mass is 262 g/mol. The fraction of sp³-hybridized carbons (Fsp3) is 0.364. The molecule has 0 aliphatic rings. The summed E-state index contributed by atoms with van der Waals surface area (Å²) in [4.78, 5) is 11.5. The number of hydrogen-bond donors (Lipinski definition) is 2. The number of anilines is 1. The Hall–Kier alpha value is -1.76. The van der Waals surface area contributed by atoms with Crippen molar-refractivity contribution in [2.24, 2.45) is 0 Å². The number of amides is 1. The third-order valence-corrected chi connectivity index (χ3v) is 2.03. The highest BCUT2D eigenvalue weighted by atomic mass is 19.3. The summed E-state index contributed by atoms with van der Waals surface area (Å²) >= 11 is 0. The summed E-state index contributed by atoms with van der Waals surface area (Å²) in [6.45, 7) is -0.602. The Balaban J connectivity index is 2.34. The number of ether oxygens (including phenoxy) is 1. The molecule has 0 radical (unpaired) electrons. The molecule has 0 bridgehead atoms. The van der Waals surface area contributed by atoms with Crippen molar-refractivity contribution < 1.29 is 22.7 Å². The van der Waals surface area contributed by atoms with Crippen LogP contribution in [0.5, 0.6) is 0 Å². The quantitative estimate of drug-likeness (QED) is 0.602. The van der Waals surface area contributed by atoms with Gasteiger partial charge in [0, 0.05) is 12.1 Å². The molecule has 0 aromatic heterocycles. The van der Waals surface area contributed by atoms with E-state index in [1.165, 1.54) is 12.1 Å². The van der Waals surface area contributed by atoms with E-state index < -0.39 is 24.8 Å². The van der Waals surface area contributed by atoms with Crippen LogP contribution in [0.25, 0.3) is 0 Å². The highest BCUT2D eigenvalue weighted by Gasteiger charge is 2.08. The van der Waals surface area contributed by atoms with Crippen molar-refractivity contribution >= 4 is 11.6 Å². The number of halogens is 3. The lowest BCUT2D eigenvalue weighted by Gasteiger charge is -2.07. The van der Waals surface area contributed by atoms with E-state index in [4.69, 9.17) is 5.73 Å². The maximum atomic E-state index is 12.8. The standard InChI is InChI=1S/C11H13F3N2O2/c12-8-2-1-7(5-9(8)15)11(17)16-3-4-18-6-10(13)14/h1-2,5,10H,3-4,6,15H2,(H,16,17). The average molecular weight is 262 g/mol. The Morgan fingerprint density at radius 3 is 2.78 bits per heavy atom. The van der Waals surface area contributed by atoms with Crippen molar-refractivity contribution in [3.8, 4) is 0 Å². The van der Waals surface area contributed by atoms with Crippen molar-refractivity contribution in [2.75, 3.05) is 25.5 Å². The van der Waals surface area contributed by atoms with Crippen molar-refractivity contribution in [2.45, 2.75) is 6.43 Å². The fourth-order valence-electron chi connectivity index (χ4n) is 1.20. The lowest BCUT2D eigenvalue weighted by Crippen LogP contribution is -2.27. The van der Waals surface area contributed by atoms with Gasteiger partial charge in [-0.1, -0.05) is 0 Å². The molecule has 0 aliphatic heterocycles. The van der Waals surface area contributed by atoms with E-state index in [0.717, 1.165) is 6.07 Å². The first-order valence-electron chi connectivity index (χ1n) is 5.20. The van der Waals surface area contributed by atoms with Crippen molar-refractivity contribution in [3.63, 3.8) is 0 Å². The molecule has 0 saturated heterocycles. The van der Waals surface area contributed by atoms with E-state index in [-0.39, 0.29) is 24.4 Å². The van der Waals surface area contributed by atoms with Crippen LogP contribution in [0.2, 0.25) is 0 Å². The van der Waals surface area contributed by atoms with Crippen LogP contribution in [0.1, 0.15) is 10.4 Å². The van der Waals surface area contributed by atoms with E-state index in [9.17, 15) is 18.0 Å². The zero-order chi connectivity index (χ0) is 13.5. The Kier molecular flexibility index (Phi) is 5.44. The predicted octanol–water partition coefficient (Wildman–Crippen LogP) is 1.42. The summed E-state index contributed by atoms with van der Waals surface area (Å²) in [6, 6.07) is 3.56. The Morgan fingerprint density at radius 2 is 2.17 bits per heavy atom. The molecule has 0 spiro atoms. The van der Waals surface area contributed by atoms with E-state index >= 15 is 0 Å². The van der Waals surface area contributed by atoms with Gasteiger partial charge in [0.25, 0.3) is 12.3 Å². The second-order valence-corrected chi connectivity index (χ2v) is 3.46. The third-order valence-electron chi connectivity index (χ3n) is 2.03. The largest absolute Gasteiger partial charge is 0.396 e. The molecule has 0 saturated carbocycles. The predicted molar refractivity (Wildman–Crippen MR) is 60.0 cm³/mol. The number of hydrogen-bond acceptors (Lipinski definition) is 3. The van der Waals surface area contributed by atoms with Gasteiger partial charge in [0.05, 0.1) is 12.3 Å². The molecule has 0 heterocycles. The first-order chi connectivity index (χ1) is 8.50. The van der Waals surface area contributed by atoms with E-state index in [2.05, 4.69) is 10.1 Å². The lowest BCUT2D eigenvalue weighted by molar-refractivity contribution is 0.0188. The minimum absolute atomic E-state index is 0.0211. The molecule has 1 aromatic rings. The number of nitrogen functional groups attached to an aromatic ring is 1. The summed E-state index contributed by atoms with van der Waals surface area (Å²) < 4.78 is 40.8. The molecule has 100 valence electrons. The van der Waals surface area contributed by atoms with Crippen LogP contribution in [0.15, 0.2) is 18.2 Å². The van der Waals surface area contributed by atoms with Crippen LogP contribution in [0.3, 0.4) is 0 Å². The Bertz CT molecular complexity index is 413. The van der Waals surface area contributed by atoms with E-state index in [1.54, 1.807) is 0 Å². The smallest absolute Gasteiger partial charge is 0.261 e. The number of benzene rings is 1. The van der Waals surface area contributed by atoms with Crippen molar-refractivity contribution in [1.29, 1.82) is 0 Å². The van der Waals surface area contributed by atoms with Crippen LogP contribution in [0, 0.1) is 5.82 Å². The Morgan fingerprint density at radius 1 is 1.44 bits per heavy atom. The van der Waals surface area contributed by atoms with Crippen LogP contribution in [-0.4, -0.2) is 32.1 Å². The molecule has 0 unspecified atom stereocenters. The summed E-state index contributed by atoms with van der Waals surface area (Å²) in [5.74, 6) is -1.07. The molecule has 3 N–H and O–H groups in total. The molecule has 1 rings (SSSR count). The maximum Gasteiger partial charge on any atom is 0.261 e. The SMILES string of the molecule is Nc1cc(C(=O)NCCOCC(F)F)ccc1F. The summed E-state index contributed by atoms with van der Waals surface area (Å²) in [6.07, 6.45) is -2.53. The molecule has 1 amide bonds. The molecule has 4 nitrogen and oxygen atoms in total. The van der Waals surface area contributed by atoms with Crippen LogP contribution >= 0.6 is 0 Å². The molecule has 0 aliphatic carbocycles. The molecule has 7 heteroatoms. The van der Waals surface area contributed by atoms with Crippen LogP contribution in [0.4, 0.5) is 18.9 Å². The maximum absolute atomic E-state index is 12.8. The lowest BCUT2D eigenvalue weighted by atomic mass is 10.2. The number of nitrogens with two attached hydrogens (primary N) is 1. The zero-order valence-corrected chi connectivity index (χ0v) is 9.46. The van der Waals surface area contributed by atoms with Gasteiger partial charge in [-0.25, -0.2) is 13.2 Å². The first kappa shape index (κ1) is 14.3. The molecule has 1 aromatic carbocycles. The van der Waals surface area contributed by atoms with Crippen LogP contribution in [-0.2, 0) is 4.74 Å². The van der Waals surface area contributed by atoms with Gasteiger partial charge in [0.15, 0.2) is 0 Å². The van der Waals surface area contributed by atoms with Gasteiger partial charge < -0.3 is 15.8 Å². The van der Waals surface area contributed by atoms with E-state index in [1.807, 2.05) is 0 Å². The topological polar surface area (TPSA) is 64.4 Å². The second-order valence-electron chi connectivity index (χ2n) is 3.46. The van der Waals surface area contributed by atoms with Crippen molar-refractivity contribution in [1.82, 2.24) is 5.32 Å². The number of carbonyl (C=O) groups is 1.